The van der Waals surface area contributed by atoms with E-state index >= 15 is 0 Å². The van der Waals surface area contributed by atoms with E-state index in [2.05, 4.69) is 5.32 Å². The Labute approximate surface area is 266 Å². The van der Waals surface area contributed by atoms with Gasteiger partial charge in [0.05, 0.1) is 40.1 Å². The number of aliphatic hydroxyl groups excluding tert-OH is 1. The van der Waals surface area contributed by atoms with Crippen molar-refractivity contribution >= 4 is 62.4 Å². The number of nitrogens with two attached hydrogens (primary N) is 1. The number of anilines is 1. The van der Waals surface area contributed by atoms with Crippen molar-refractivity contribution in [3.05, 3.63) is 52.5 Å². The summed E-state index contributed by atoms with van der Waals surface area (Å²) < 4.78 is 27.0. The predicted octanol–water partition coefficient (Wildman–Crippen LogP) is -0.437. The minimum Gasteiger partial charge on any atom is -0.505 e. The third-order valence-corrected chi connectivity index (χ3v) is 10.7. The van der Waals surface area contributed by atoms with Crippen molar-refractivity contribution in [3.63, 3.8) is 0 Å². The van der Waals surface area contributed by atoms with Crippen LogP contribution in [0, 0.1) is 23.7 Å². The summed E-state index contributed by atoms with van der Waals surface area (Å²) in [6.07, 6.45) is -1.81. The van der Waals surface area contributed by atoms with E-state index in [1.807, 2.05) is 0 Å². The van der Waals surface area contributed by atoms with Gasteiger partial charge < -0.3 is 26.4 Å². The van der Waals surface area contributed by atoms with Crippen LogP contribution in [0.1, 0.15) is 28.8 Å². The first-order chi connectivity index (χ1) is 21.4. The van der Waals surface area contributed by atoms with Crippen molar-refractivity contribution in [3.8, 4) is 5.75 Å². The summed E-state index contributed by atoms with van der Waals surface area (Å²) in [6, 6.07) is 4.55. The highest BCUT2D eigenvalue weighted by molar-refractivity contribution is 7.90. The number of aliphatic hydroxyl groups is 2. The number of Topliss-reactive ketones (excluding diaryl/α,β-unsaturated/α-hetero) is 4. The third-order valence-electron chi connectivity index (χ3n) is 9.09. The molecule has 2 aromatic rings. The molecule has 2 unspecified atom stereocenters. The van der Waals surface area contributed by atoms with Gasteiger partial charge in [-0.2, -0.15) is 0 Å². The number of sulfonamides is 1. The highest BCUT2D eigenvalue weighted by Crippen LogP contribution is 2.55. The van der Waals surface area contributed by atoms with Crippen LogP contribution < -0.4 is 15.8 Å². The lowest BCUT2D eigenvalue weighted by Crippen LogP contribution is -2.77. The molecule has 3 aliphatic rings. The number of hydrogen-bond donors (Lipinski definition) is 6. The predicted molar refractivity (Wildman–Crippen MR) is 158 cm³/mol. The lowest BCUT2D eigenvalue weighted by molar-refractivity contribution is -0.196. The number of nitrogens with zero attached hydrogens (tertiary/aromatic N) is 1. The number of carbonyl (C=O) groups is 6. The molecule has 7 N–H and O–H groups in total. The second kappa shape index (κ2) is 11.2. The first-order valence-corrected chi connectivity index (χ1v) is 15.7. The number of urea groups is 1. The molecule has 0 heterocycles. The van der Waals surface area contributed by atoms with Crippen LogP contribution in [0.25, 0.3) is 0 Å². The van der Waals surface area contributed by atoms with Gasteiger partial charge in [-0.05, 0) is 55.9 Å². The molecule has 0 radical (unpaired) electrons. The molecule has 2 aromatic carbocycles. The maximum Gasteiger partial charge on any atom is 0.333 e. The Morgan fingerprint density at radius 2 is 1.63 bits per heavy atom. The van der Waals surface area contributed by atoms with Crippen molar-refractivity contribution < 1.29 is 52.5 Å². The number of primary amides is 1. The molecule has 2 fully saturated rings. The third kappa shape index (κ3) is 4.79. The zero-order valence-corrected chi connectivity index (χ0v) is 26.0. The second-order valence-electron chi connectivity index (χ2n) is 11.8. The molecule has 5 rings (SSSR count). The van der Waals surface area contributed by atoms with E-state index < -0.39 is 109 Å². The van der Waals surface area contributed by atoms with Crippen LogP contribution >= 0.6 is 11.6 Å². The summed E-state index contributed by atoms with van der Waals surface area (Å²) >= 11 is 5.77. The summed E-state index contributed by atoms with van der Waals surface area (Å²) in [5, 5.41) is 36.9. The van der Waals surface area contributed by atoms with Crippen LogP contribution in [-0.4, -0.2) is 95.6 Å². The maximum atomic E-state index is 14.0. The fraction of sp³-hybridized carbons (Fsp3) is 0.379. The number of phenolic OH excluding ortho intramolecular Hbond substituents is 1. The highest BCUT2D eigenvalue weighted by atomic mass is 35.5. The number of likely N-dealkylation sites (N-methyl/N-ethyl adjacent to an activating group) is 1. The van der Waals surface area contributed by atoms with Crippen molar-refractivity contribution in [2.45, 2.75) is 35.5 Å². The van der Waals surface area contributed by atoms with Gasteiger partial charge in [0, 0.05) is 10.9 Å². The number of halogens is 1. The Kier molecular flexibility index (Phi) is 8.10. The molecule has 0 saturated heterocycles. The average Bonchev–Trinajstić information content (AvgIpc) is 2.95. The van der Waals surface area contributed by atoms with E-state index in [9.17, 15) is 52.5 Å². The summed E-state index contributed by atoms with van der Waals surface area (Å²) in [6.45, 7) is 1.52. The van der Waals surface area contributed by atoms with E-state index in [0.29, 0.717) is 0 Å². The lowest BCUT2D eigenvalue weighted by Gasteiger charge is -2.56. The molecule has 8 atom stereocenters. The van der Waals surface area contributed by atoms with Crippen LogP contribution in [0.4, 0.5) is 10.5 Å². The van der Waals surface area contributed by atoms with Gasteiger partial charge in [0.25, 0.3) is 10.0 Å². The average molecular weight is 677 g/mol. The normalized spacial score (nSPS) is 30.7. The Bertz CT molecular complexity index is 1830. The summed E-state index contributed by atoms with van der Waals surface area (Å²) in [7, 11) is -1.62. The number of aromatic hydroxyl groups is 1. The molecule has 3 aliphatic carbocycles. The minimum absolute atomic E-state index is 0.130. The zero-order valence-electron chi connectivity index (χ0n) is 24.4. The van der Waals surface area contributed by atoms with Gasteiger partial charge in [0.15, 0.2) is 34.7 Å². The topological polar surface area (TPSA) is 251 Å². The van der Waals surface area contributed by atoms with E-state index in [1.54, 1.807) is 4.72 Å². The molecular weight excluding hydrogens is 648 g/mol. The monoisotopic (exact) mass is 676 g/mol. The van der Waals surface area contributed by atoms with Crippen molar-refractivity contribution in [2.24, 2.45) is 29.4 Å². The second-order valence-corrected chi connectivity index (χ2v) is 13.9. The maximum absolute atomic E-state index is 14.0. The van der Waals surface area contributed by atoms with Crippen molar-refractivity contribution in [2.75, 3.05) is 19.4 Å². The zero-order chi connectivity index (χ0) is 34.2. The molecular formula is C29H29ClN4O11S. The van der Waals surface area contributed by atoms with Gasteiger partial charge >= 0.3 is 6.03 Å². The van der Waals surface area contributed by atoms with Gasteiger partial charge in [0.2, 0.25) is 5.91 Å². The summed E-state index contributed by atoms with van der Waals surface area (Å²) in [5.41, 5.74) is 1.35. The SMILES string of the molecule is C[C@H]1c2ccc(NC(=O)NS(=O)(=O)c3ccc(Cl)cc3)c(O)c2C(=O)C2C(=O)[C@]3(O)C(=O)C(C(N)=O)C(=O)[C@@H](N(C)C)[C@@H]3[C@@H](O)[C@@H]21. The van der Waals surface area contributed by atoms with Crippen molar-refractivity contribution in [1.82, 2.24) is 9.62 Å². The summed E-state index contributed by atoms with van der Waals surface area (Å²) in [5.74, 6) is -15.4. The molecule has 17 heteroatoms. The molecule has 0 aromatic heterocycles. The number of fused-ring (bicyclic) bond motifs is 3. The first kappa shape index (κ1) is 33.2. The minimum atomic E-state index is -4.39. The number of ketones is 4. The molecule has 2 saturated carbocycles. The Morgan fingerprint density at radius 3 is 2.20 bits per heavy atom. The fourth-order valence-electron chi connectivity index (χ4n) is 7.03. The van der Waals surface area contributed by atoms with E-state index in [1.165, 1.54) is 50.2 Å². The highest BCUT2D eigenvalue weighted by Gasteiger charge is 2.72. The van der Waals surface area contributed by atoms with Crippen LogP contribution in [-0.2, 0) is 29.2 Å². The van der Waals surface area contributed by atoms with Crippen LogP contribution in [0.2, 0.25) is 5.02 Å². The van der Waals surface area contributed by atoms with Gasteiger partial charge in [-0.1, -0.05) is 24.6 Å². The largest absolute Gasteiger partial charge is 0.505 e. The van der Waals surface area contributed by atoms with Crippen LogP contribution in [0.5, 0.6) is 5.75 Å². The van der Waals surface area contributed by atoms with Crippen molar-refractivity contribution in [1.29, 1.82) is 0 Å². The smallest absolute Gasteiger partial charge is 0.333 e. The molecule has 3 amide bonds. The molecule has 15 nitrogen and oxygen atoms in total. The van der Waals surface area contributed by atoms with E-state index in [4.69, 9.17) is 17.3 Å². The van der Waals surface area contributed by atoms with Crippen LogP contribution in [0.3, 0.4) is 0 Å². The number of rotatable bonds is 5. The van der Waals surface area contributed by atoms with Gasteiger partial charge in [-0.15, -0.1) is 0 Å². The Balaban J connectivity index is 1.53. The number of benzene rings is 2. The molecule has 46 heavy (non-hydrogen) atoms. The lowest BCUT2D eigenvalue weighted by atomic mass is 9.49. The van der Waals surface area contributed by atoms with E-state index in [0.717, 1.165) is 12.1 Å². The summed E-state index contributed by atoms with van der Waals surface area (Å²) in [4.78, 5) is 80.4. The molecule has 0 spiro atoms. The number of phenols is 1. The Hall–Kier alpha value is -4.22. The fourth-order valence-corrected chi connectivity index (χ4v) is 8.07. The number of hydrogen-bond acceptors (Lipinski definition) is 12. The molecule has 244 valence electrons. The number of nitrogens with one attached hydrogen (secondary N) is 2. The van der Waals surface area contributed by atoms with Crippen LogP contribution in [0.15, 0.2) is 41.3 Å². The van der Waals surface area contributed by atoms with Gasteiger partial charge in [-0.25, -0.2) is 17.9 Å². The molecule has 0 aliphatic heterocycles. The number of amides is 3. The standard InChI is InChI=1S/C29H29ClN4O11S/c1-10-13-8-9-14(32-28(42)33-46(44,45)12-6-4-11(30)5-7-12)21(35)16(13)22(36)17-15(10)23(37)19-20(34(2)3)24(38)18(27(31)41)26(40)29(19,43)25(17)39/h4-10,15,17-20,23,35,37,43H,1-3H3,(H2,31,41)(H2,32,33,42)/t10-,15+,17?,18?,19+,20-,23-,29-/m0/s1. The quantitative estimate of drug-likeness (QED) is 0.174. The molecule has 0 bridgehead atoms. The van der Waals surface area contributed by atoms with E-state index in [-0.39, 0.29) is 15.5 Å². The number of carbonyl (C=O) groups excluding carboxylic acids is 6. The van der Waals surface area contributed by atoms with Gasteiger partial charge in [0.1, 0.15) is 5.75 Å². The first-order valence-electron chi connectivity index (χ1n) is 13.8. The Morgan fingerprint density at radius 1 is 1.02 bits per heavy atom. The van der Waals surface area contributed by atoms with Gasteiger partial charge in [-0.3, -0.25) is 28.9 Å².